The van der Waals surface area contributed by atoms with Crippen molar-refractivity contribution in [1.29, 1.82) is 0 Å². The van der Waals surface area contributed by atoms with Crippen LogP contribution in [0.2, 0.25) is 0 Å². The van der Waals surface area contributed by atoms with Crippen LogP contribution in [0.3, 0.4) is 0 Å². The zero-order valence-electron chi connectivity index (χ0n) is 19.7. The summed E-state index contributed by atoms with van der Waals surface area (Å²) in [5.41, 5.74) is -1.24. The molecule has 1 aliphatic rings. The lowest BCUT2D eigenvalue weighted by atomic mass is 9.87. The minimum atomic E-state index is -4.66. The number of aliphatic hydroxyl groups is 1. The summed E-state index contributed by atoms with van der Waals surface area (Å²) in [4.78, 5) is 17.9. The van der Waals surface area contributed by atoms with Gasteiger partial charge >= 0.3 is 6.18 Å². The fraction of sp³-hybridized carbons (Fsp3) is 0.480. The van der Waals surface area contributed by atoms with Gasteiger partial charge in [0.15, 0.2) is 0 Å². The van der Waals surface area contributed by atoms with Gasteiger partial charge in [-0.1, -0.05) is 13.0 Å². The van der Waals surface area contributed by atoms with Crippen LogP contribution in [0.4, 0.5) is 18.9 Å². The highest BCUT2D eigenvalue weighted by Crippen LogP contribution is 2.37. The van der Waals surface area contributed by atoms with Gasteiger partial charge in [-0.15, -0.1) is 0 Å². The molecule has 1 fully saturated rings. The summed E-state index contributed by atoms with van der Waals surface area (Å²) >= 11 is 0. The van der Waals surface area contributed by atoms with E-state index in [0.717, 1.165) is 43.2 Å². The summed E-state index contributed by atoms with van der Waals surface area (Å²) in [6.45, 7) is 5.44. The summed E-state index contributed by atoms with van der Waals surface area (Å²) < 4.78 is 41.3. The Morgan fingerprint density at radius 2 is 1.82 bits per heavy atom. The highest BCUT2D eigenvalue weighted by Gasteiger charge is 2.34. The lowest BCUT2D eigenvalue weighted by Crippen LogP contribution is -2.31. The highest BCUT2D eigenvalue weighted by molar-refractivity contribution is 6.06. The average molecular weight is 475 g/mol. The van der Waals surface area contributed by atoms with Crippen molar-refractivity contribution in [3.05, 3.63) is 53.5 Å². The topological polar surface area (TPSA) is 71.2 Å². The predicted octanol–water partition coefficient (Wildman–Crippen LogP) is 5.71. The number of amides is 1. The molecule has 0 radical (unpaired) electrons. The third-order valence-electron chi connectivity index (χ3n) is 6.58. The Hall–Kier alpha value is -2.94. The zero-order chi connectivity index (χ0) is 24.8. The lowest BCUT2D eigenvalue weighted by Gasteiger charge is -2.27. The number of alkyl halides is 3. The molecule has 1 aromatic carbocycles. The van der Waals surface area contributed by atoms with E-state index < -0.39 is 23.4 Å². The standard InChI is InChI=1S/C25H29F3N4O2/c1-15-8-10-17(11-9-15)32-14-16-12-21(18(24(2,3)34)13-20(16)30-32)31(4)23(33)19-6-5-7-22(29-19)25(26,27)28/h5-7,12-15,17,34H,8-11H2,1-4H3. The molecule has 2 aromatic heterocycles. The van der Waals surface area contributed by atoms with Gasteiger partial charge in [-0.05, 0) is 69.7 Å². The van der Waals surface area contributed by atoms with E-state index in [2.05, 4.69) is 11.9 Å². The van der Waals surface area contributed by atoms with E-state index >= 15 is 0 Å². The number of halogens is 3. The fourth-order valence-corrected chi connectivity index (χ4v) is 4.53. The van der Waals surface area contributed by atoms with Gasteiger partial charge < -0.3 is 10.0 Å². The van der Waals surface area contributed by atoms with Gasteiger partial charge in [0.05, 0.1) is 22.8 Å². The van der Waals surface area contributed by atoms with Gasteiger partial charge in [0.25, 0.3) is 5.91 Å². The molecule has 9 heteroatoms. The Balaban J connectivity index is 1.73. The molecule has 0 atom stereocenters. The molecule has 34 heavy (non-hydrogen) atoms. The summed E-state index contributed by atoms with van der Waals surface area (Å²) in [5, 5.41) is 16.4. The molecule has 2 heterocycles. The molecule has 6 nitrogen and oxygen atoms in total. The number of benzene rings is 1. The maximum atomic E-state index is 13.1. The summed E-state index contributed by atoms with van der Waals surface area (Å²) in [6.07, 6.45) is 1.65. The summed E-state index contributed by atoms with van der Waals surface area (Å²) in [7, 11) is 1.47. The first-order chi connectivity index (χ1) is 15.8. The van der Waals surface area contributed by atoms with Crippen molar-refractivity contribution in [3.63, 3.8) is 0 Å². The predicted molar refractivity (Wildman–Crippen MR) is 124 cm³/mol. The molecule has 1 N–H and O–H groups in total. The van der Waals surface area contributed by atoms with Crippen molar-refractivity contribution in [2.75, 3.05) is 11.9 Å². The Morgan fingerprint density at radius 3 is 2.44 bits per heavy atom. The second kappa shape index (κ2) is 8.69. The normalized spacial score (nSPS) is 19.4. The van der Waals surface area contributed by atoms with E-state index in [4.69, 9.17) is 5.10 Å². The smallest absolute Gasteiger partial charge is 0.386 e. The number of anilines is 1. The third-order valence-corrected chi connectivity index (χ3v) is 6.58. The number of carbonyl (C=O) groups excluding carboxylic acids is 1. The molecule has 1 amide bonds. The van der Waals surface area contributed by atoms with Gasteiger partial charge in [-0.2, -0.15) is 18.3 Å². The Labute approximate surface area is 196 Å². The molecule has 3 aromatic rings. The fourth-order valence-electron chi connectivity index (χ4n) is 4.53. The van der Waals surface area contributed by atoms with Crippen molar-refractivity contribution in [2.45, 2.75) is 64.3 Å². The van der Waals surface area contributed by atoms with Gasteiger partial charge in [-0.3, -0.25) is 9.48 Å². The third kappa shape index (κ3) is 4.80. The largest absolute Gasteiger partial charge is 0.433 e. The quantitative estimate of drug-likeness (QED) is 0.526. The van der Waals surface area contributed by atoms with Gasteiger partial charge in [0.2, 0.25) is 0 Å². The Kier molecular flexibility index (Phi) is 6.18. The van der Waals surface area contributed by atoms with E-state index in [0.29, 0.717) is 28.7 Å². The minimum Gasteiger partial charge on any atom is -0.386 e. The minimum absolute atomic E-state index is 0.298. The number of pyridine rings is 1. The van der Waals surface area contributed by atoms with Crippen LogP contribution < -0.4 is 4.90 Å². The molecular weight excluding hydrogens is 445 g/mol. The maximum absolute atomic E-state index is 13.1. The van der Waals surface area contributed by atoms with E-state index in [-0.39, 0.29) is 5.69 Å². The van der Waals surface area contributed by atoms with E-state index in [1.165, 1.54) is 18.0 Å². The van der Waals surface area contributed by atoms with Crippen LogP contribution in [0, 0.1) is 5.92 Å². The number of carbonyl (C=O) groups is 1. The Morgan fingerprint density at radius 1 is 1.15 bits per heavy atom. The van der Waals surface area contributed by atoms with Crippen molar-refractivity contribution >= 4 is 22.5 Å². The van der Waals surface area contributed by atoms with Crippen molar-refractivity contribution in [3.8, 4) is 0 Å². The van der Waals surface area contributed by atoms with Gasteiger partial charge in [-0.25, -0.2) is 4.98 Å². The summed E-state index contributed by atoms with van der Waals surface area (Å²) in [6, 6.07) is 7.03. The number of aromatic nitrogens is 3. The number of rotatable bonds is 4. The monoisotopic (exact) mass is 474 g/mol. The summed E-state index contributed by atoms with van der Waals surface area (Å²) in [5.74, 6) is 0.00310. The first kappa shape index (κ1) is 24.2. The highest BCUT2D eigenvalue weighted by atomic mass is 19.4. The van der Waals surface area contributed by atoms with E-state index in [1.54, 1.807) is 26.0 Å². The van der Waals surface area contributed by atoms with Gasteiger partial charge in [0, 0.05) is 24.2 Å². The molecule has 0 spiro atoms. The molecule has 0 bridgehead atoms. The number of hydrogen-bond donors (Lipinski definition) is 1. The molecule has 1 saturated carbocycles. The lowest BCUT2D eigenvalue weighted by molar-refractivity contribution is -0.141. The molecule has 0 aliphatic heterocycles. The van der Waals surface area contributed by atoms with Crippen molar-refractivity contribution in [2.24, 2.45) is 5.92 Å². The second-order valence-electron chi connectivity index (χ2n) is 9.78. The molecule has 4 rings (SSSR count). The van der Waals surface area contributed by atoms with Gasteiger partial charge in [0.1, 0.15) is 11.4 Å². The average Bonchev–Trinajstić information content (AvgIpc) is 3.20. The van der Waals surface area contributed by atoms with Crippen LogP contribution in [-0.4, -0.2) is 32.8 Å². The first-order valence-corrected chi connectivity index (χ1v) is 11.4. The van der Waals surface area contributed by atoms with Crippen LogP contribution in [0.5, 0.6) is 0 Å². The zero-order valence-corrected chi connectivity index (χ0v) is 19.7. The SMILES string of the molecule is CC1CCC(n2cc3cc(N(C)C(=O)c4cccc(C(F)(F)F)n4)c(C(C)(C)O)cc3n2)CC1. The molecule has 0 unspecified atom stereocenters. The first-order valence-electron chi connectivity index (χ1n) is 11.4. The van der Waals surface area contributed by atoms with Crippen molar-refractivity contribution in [1.82, 2.24) is 14.8 Å². The second-order valence-corrected chi connectivity index (χ2v) is 9.78. The van der Waals surface area contributed by atoms with Crippen LogP contribution >= 0.6 is 0 Å². The van der Waals surface area contributed by atoms with Crippen LogP contribution in [0.25, 0.3) is 10.9 Å². The Bertz CT molecular complexity index is 1210. The molecular formula is C25H29F3N4O2. The number of fused-ring (bicyclic) bond motifs is 1. The van der Waals surface area contributed by atoms with Crippen LogP contribution in [-0.2, 0) is 11.8 Å². The molecule has 0 saturated heterocycles. The molecule has 182 valence electrons. The van der Waals surface area contributed by atoms with Crippen LogP contribution in [0.15, 0.2) is 36.5 Å². The van der Waals surface area contributed by atoms with E-state index in [9.17, 15) is 23.1 Å². The number of nitrogens with zero attached hydrogens (tertiary/aromatic N) is 4. The molecule has 1 aliphatic carbocycles. The van der Waals surface area contributed by atoms with Crippen molar-refractivity contribution < 1.29 is 23.1 Å². The maximum Gasteiger partial charge on any atom is 0.433 e. The number of hydrogen-bond acceptors (Lipinski definition) is 4. The van der Waals surface area contributed by atoms with E-state index in [1.807, 2.05) is 10.9 Å². The van der Waals surface area contributed by atoms with Crippen LogP contribution in [0.1, 0.15) is 74.2 Å².